The average Bonchev–Trinajstić information content (AvgIpc) is 2.17. The molecule has 14 heavy (non-hydrogen) atoms. The van der Waals surface area contributed by atoms with Crippen LogP contribution in [-0.2, 0) is 0 Å². The van der Waals surface area contributed by atoms with Gasteiger partial charge in [0, 0.05) is 23.3 Å². The number of benzene rings is 1. The van der Waals surface area contributed by atoms with E-state index in [1.54, 1.807) is 0 Å². The van der Waals surface area contributed by atoms with Gasteiger partial charge >= 0.3 is 0 Å². The Labute approximate surface area is 83.4 Å². The van der Waals surface area contributed by atoms with Gasteiger partial charge in [-0.25, -0.2) is 0 Å². The maximum Gasteiger partial charge on any atom is 0.270 e. The molecule has 0 aliphatic carbocycles. The maximum absolute atomic E-state index is 10.4. The van der Waals surface area contributed by atoms with Gasteiger partial charge in [0.05, 0.1) is 9.95 Å². The van der Waals surface area contributed by atoms with Gasteiger partial charge in [0.15, 0.2) is 12.6 Å². The zero-order chi connectivity index (χ0) is 10.7. The monoisotopic (exact) mass is 213 g/mol. The van der Waals surface area contributed by atoms with Crippen LogP contribution in [0.1, 0.15) is 20.7 Å². The summed E-state index contributed by atoms with van der Waals surface area (Å²) >= 11 is 5.60. The third-order valence-electron chi connectivity index (χ3n) is 1.58. The normalized spacial score (nSPS) is 9.50. The third-order valence-corrected chi connectivity index (χ3v) is 2.01. The predicted molar refractivity (Wildman–Crippen MR) is 48.9 cm³/mol. The molecule has 0 fully saturated rings. The molecule has 0 unspecified atom stereocenters. The predicted octanol–water partition coefficient (Wildman–Crippen LogP) is 1.87. The topological polar surface area (TPSA) is 77.3 Å². The molecule has 5 nitrogen and oxygen atoms in total. The molecule has 0 bridgehead atoms. The minimum Gasteiger partial charge on any atom is -0.298 e. The summed E-state index contributed by atoms with van der Waals surface area (Å²) in [6, 6.07) is 2.03. The lowest BCUT2D eigenvalue weighted by molar-refractivity contribution is -0.384. The molecular weight excluding hydrogens is 210 g/mol. The lowest BCUT2D eigenvalue weighted by Gasteiger charge is -1.99. The molecule has 0 aromatic heterocycles. The SMILES string of the molecule is O=Cc1cc([N+](=O)[O-])cc(C=O)c1Cl. The molecule has 0 saturated carbocycles. The number of carbonyl (C=O) groups excluding carboxylic acids is 2. The van der Waals surface area contributed by atoms with Crippen molar-refractivity contribution in [2.24, 2.45) is 0 Å². The highest BCUT2D eigenvalue weighted by Crippen LogP contribution is 2.24. The first kappa shape index (κ1) is 10.3. The van der Waals surface area contributed by atoms with Crippen LogP contribution in [0, 0.1) is 10.1 Å². The summed E-state index contributed by atoms with van der Waals surface area (Å²) in [6.07, 6.45) is 0.727. The van der Waals surface area contributed by atoms with E-state index in [1.165, 1.54) is 0 Å². The quantitative estimate of drug-likeness (QED) is 0.436. The molecule has 0 N–H and O–H groups in total. The standard InChI is InChI=1S/C8H4ClNO4/c9-8-5(3-11)1-7(10(13)14)2-6(8)4-12/h1-4H. The van der Waals surface area contributed by atoms with E-state index in [0.717, 1.165) is 12.1 Å². The van der Waals surface area contributed by atoms with Crippen LogP contribution in [0.15, 0.2) is 12.1 Å². The molecule has 1 aromatic carbocycles. The van der Waals surface area contributed by atoms with Crippen molar-refractivity contribution >= 4 is 29.9 Å². The first-order chi connectivity index (χ1) is 6.60. The number of rotatable bonds is 3. The van der Waals surface area contributed by atoms with Gasteiger partial charge < -0.3 is 0 Å². The van der Waals surface area contributed by atoms with Crippen LogP contribution in [0.5, 0.6) is 0 Å². The average molecular weight is 214 g/mol. The van der Waals surface area contributed by atoms with E-state index in [4.69, 9.17) is 11.6 Å². The summed E-state index contributed by atoms with van der Waals surface area (Å²) in [6.45, 7) is 0. The van der Waals surface area contributed by atoms with Gasteiger partial charge in [-0.05, 0) is 0 Å². The van der Waals surface area contributed by atoms with Crippen molar-refractivity contribution in [1.29, 1.82) is 0 Å². The van der Waals surface area contributed by atoms with Gasteiger partial charge in [-0.15, -0.1) is 0 Å². The van der Waals surface area contributed by atoms with Gasteiger partial charge in [0.2, 0.25) is 0 Å². The number of aldehydes is 2. The molecule has 0 amide bonds. The molecule has 0 atom stereocenters. The van der Waals surface area contributed by atoms with Crippen molar-refractivity contribution in [3.05, 3.63) is 38.4 Å². The number of hydrogen-bond acceptors (Lipinski definition) is 4. The Balaban J connectivity index is 3.46. The van der Waals surface area contributed by atoms with E-state index < -0.39 is 4.92 Å². The third kappa shape index (κ3) is 1.77. The Morgan fingerprint density at radius 1 is 1.21 bits per heavy atom. The Hall–Kier alpha value is -1.75. The van der Waals surface area contributed by atoms with E-state index in [-0.39, 0.29) is 21.8 Å². The highest BCUT2D eigenvalue weighted by Gasteiger charge is 2.14. The lowest BCUT2D eigenvalue weighted by Crippen LogP contribution is -1.95. The van der Waals surface area contributed by atoms with Gasteiger partial charge in [-0.2, -0.15) is 0 Å². The van der Waals surface area contributed by atoms with E-state index >= 15 is 0 Å². The molecule has 0 heterocycles. The van der Waals surface area contributed by atoms with Gasteiger partial charge in [-0.1, -0.05) is 11.6 Å². The highest BCUT2D eigenvalue weighted by atomic mass is 35.5. The van der Waals surface area contributed by atoms with Crippen LogP contribution >= 0.6 is 11.6 Å². The van der Waals surface area contributed by atoms with Crippen molar-refractivity contribution in [3.8, 4) is 0 Å². The second-order valence-corrected chi connectivity index (χ2v) is 2.81. The van der Waals surface area contributed by atoms with E-state index in [2.05, 4.69) is 0 Å². The smallest absolute Gasteiger partial charge is 0.270 e. The molecule has 6 heteroatoms. The number of halogens is 1. The van der Waals surface area contributed by atoms with Crippen molar-refractivity contribution in [2.45, 2.75) is 0 Å². The van der Waals surface area contributed by atoms with Gasteiger partial charge in [0.1, 0.15) is 0 Å². The Morgan fingerprint density at radius 2 is 1.64 bits per heavy atom. The summed E-state index contributed by atoms with van der Waals surface area (Å²) in [4.78, 5) is 30.6. The molecule has 0 saturated heterocycles. The Kier molecular flexibility index (Phi) is 2.93. The molecule has 72 valence electrons. The second-order valence-electron chi connectivity index (χ2n) is 2.43. The number of non-ortho nitro benzene ring substituents is 1. The number of hydrogen-bond donors (Lipinski definition) is 0. The van der Waals surface area contributed by atoms with E-state index in [1.807, 2.05) is 0 Å². The van der Waals surface area contributed by atoms with E-state index in [0.29, 0.717) is 12.6 Å². The molecule has 0 aliphatic rings. The number of nitrogens with zero attached hydrogens (tertiary/aromatic N) is 1. The highest BCUT2D eigenvalue weighted by molar-refractivity contribution is 6.35. The summed E-state index contributed by atoms with van der Waals surface area (Å²) in [5.41, 5.74) is -0.468. The van der Waals surface area contributed by atoms with Crippen LogP contribution < -0.4 is 0 Å². The Morgan fingerprint density at radius 3 is 1.93 bits per heavy atom. The first-order valence-corrected chi connectivity index (χ1v) is 3.86. The largest absolute Gasteiger partial charge is 0.298 e. The van der Waals surface area contributed by atoms with Crippen LogP contribution in [0.2, 0.25) is 5.02 Å². The van der Waals surface area contributed by atoms with Gasteiger partial charge in [-0.3, -0.25) is 19.7 Å². The zero-order valence-electron chi connectivity index (χ0n) is 6.77. The fourth-order valence-electron chi connectivity index (χ4n) is 0.931. The van der Waals surface area contributed by atoms with Crippen molar-refractivity contribution in [3.63, 3.8) is 0 Å². The second kappa shape index (κ2) is 3.97. The minimum atomic E-state index is -0.698. The maximum atomic E-state index is 10.4. The van der Waals surface area contributed by atoms with Crippen molar-refractivity contribution < 1.29 is 14.5 Å². The summed E-state index contributed by atoms with van der Waals surface area (Å²) < 4.78 is 0. The van der Waals surface area contributed by atoms with Crippen LogP contribution in [0.3, 0.4) is 0 Å². The van der Waals surface area contributed by atoms with Crippen LogP contribution in [0.4, 0.5) is 5.69 Å². The zero-order valence-corrected chi connectivity index (χ0v) is 7.52. The first-order valence-electron chi connectivity index (χ1n) is 3.48. The van der Waals surface area contributed by atoms with Crippen LogP contribution in [0.25, 0.3) is 0 Å². The van der Waals surface area contributed by atoms with Gasteiger partial charge in [0.25, 0.3) is 5.69 Å². The molecule has 0 aliphatic heterocycles. The van der Waals surface area contributed by atoms with Crippen molar-refractivity contribution in [1.82, 2.24) is 0 Å². The number of nitro benzene ring substituents is 1. The number of nitro groups is 1. The summed E-state index contributed by atoms with van der Waals surface area (Å²) in [5.74, 6) is 0. The number of carbonyl (C=O) groups is 2. The summed E-state index contributed by atoms with van der Waals surface area (Å²) in [7, 11) is 0. The summed E-state index contributed by atoms with van der Waals surface area (Å²) in [5, 5.41) is 10.3. The fraction of sp³-hybridized carbons (Fsp3) is 0. The fourth-order valence-corrected chi connectivity index (χ4v) is 1.13. The lowest BCUT2D eigenvalue weighted by atomic mass is 10.1. The van der Waals surface area contributed by atoms with Crippen molar-refractivity contribution in [2.75, 3.05) is 0 Å². The van der Waals surface area contributed by atoms with E-state index in [9.17, 15) is 19.7 Å². The molecule has 0 spiro atoms. The molecular formula is C8H4ClNO4. The molecule has 1 aromatic rings. The molecule has 0 radical (unpaired) electrons. The Bertz CT molecular complexity index is 387. The van der Waals surface area contributed by atoms with Crippen LogP contribution in [-0.4, -0.2) is 17.5 Å². The minimum absolute atomic E-state index is 0.0667. The molecule has 1 rings (SSSR count).